The SMILES string of the molecule is CNC1CCc2c(ccc(N(CC(=O)OC(C)(C)C)CC3CCCN3)c2C#N)C1.Cc1ccc2c(N)c(C=O)sc2n1. The van der Waals surface area contributed by atoms with Crippen molar-refractivity contribution in [2.24, 2.45) is 0 Å². The van der Waals surface area contributed by atoms with E-state index in [0.29, 0.717) is 29.2 Å². The second-order valence-electron chi connectivity index (χ2n) is 12.0. The molecule has 2 aliphatic rings. The van der Waals surface area contributed by atoms with Crippen molar-refractivity contribution in [1.29, 1.82) is 5.26 Å². The lowest BCUT2D eigenvalue weighted by molar-refractivity contribution is -0.153. The van der Waals surface area contributed by atoms with Gasteiger partial charge < -0.3 is 26.0 Å². The third-order valence-corrected chi connectivity index (χ3v) is 8.71. The number of nitrogens with two attached hydrogens (primary N) is 1. The molecule has 1 aromatic carbocycles. The van der Waals surface area contributed by atoms with Crippen LogP contribution in [-0.2, 0) is 22.4 Å². The first-order valence-electron chi connectivity index (χ1n) is 14.6. The number of fused-ring (bicyclic) bond motifs is 2. The van der Waals surface area contributed by atoms with Gasteiger partial charge in [0.2, 0.25) is 0 Å². The molecular formula is C32H42N6O3S. The van der Waals surface area contributed by atoms with Gasteiger partial charge in [-0.25, -0.2) is 4.98 Å². The fourth-order valence-electron chi connectivity index (χ4n) is 5.63. The molecule has 0 amide bonds. The Bertz CT molecular complexity index is 1470. The molecule has 3 heterocycles. The maximum atomic E-state index is 12.6. The third-order valence-electron chi connectivity index (χ3n) is 7.67. The highest BCUT2D eigenvalue weighted by Gasteiger charge is 2.28. The zero-order chi connectivity index (χ0) is 30.4. The van der Waals surface area contributed by atoms with Crippen LogP contribution in [0.1, 0.15) is 72.1 Å². The minimum absolute atomic E-state index is 0.155. The molecule has 10 heteroatoms. The lowest BCUT2D eigenvalue weighted by atomic mass is 9.85. The Kier molecular flexibility index (Phi) is 10.2. The normalized spacial score (nSPS) is 18.0. The molecule has 3 aromatic rings. The monoisotopic (exact) mass is 590 g/mol. The number of hydrogen-bond acceptors (Lipinski definition) is 10. The van der Waals surface area contributed by atoms with E-state index in [4.69, 9.17) is 10.5 Å². The molecule has 2 aromatic heterocycles. The number of carbonyl (C=O) groups is 2. The number of hydrogen-bond donors (Lipinski definition) is 3. The van der Waals surface area contributed by atoms with Gasteiger partial charge in [-0.05, 0) is 103 Å². The summed E-state index contributed by atoms with van der Waals surface area (Å²) in [5, 5.41) is 17.7. The maximum absolute atomic E-state index is 12.6. The van der Waals surface area contributed by atoms with Crippen LogP contribution in [-0.4, -0.2) is 61.6 Å². The molecule has 4 N–H and O–H groups in total. The van der Waals surface area contributed by atoms with E-state index in [1.165, 1.54) is 16.9 Å². The second-order valence-corrected chi connectivity index (χ2v) is 13.0. The van der Waals surface area contributed by atoms with Crippen molar-refractivity contribution in [2.75, 3.05) is 37.3 Å². The van der Waals surface area contributed by atoms with Crippen molar-refractivity contribution in [2.45, 2.75) is 77.5 Å². The molecule has 0 saturated carbocycles. The molecule has 1 aliphatic carbocycles. The number of carbonyl (C=O) groups excluding carboxylic acids is 2. The van der Waals surface area contributed by atoms with Crippen molar-refractivity contribution < 1.29 is 14.3 Å². The number of nitrogens with zero attached hydrogens (tertiary/aromatic N) is 3. The summed E-state index contributed by atoms with van der Waals surface area (Å²) < 4.78 is 5.58. The Morgan fingerprint density at radius 2 is 2.10 bits per heavy atom. The largest absolute Gasteiger partial charge is 0.459 e. The highest BCUT2D eigenvalue weighted by Crippen LogP contribution is 2.33. The molecule has 9 nitrogen and oxygen atoms in total. The number of aldehydes is 1. The standard InChI is InChI=1S/C23H34N4O2.C9H8N2OS/c1-23(2,3)29-22(28)15-27(14-18-6-5-11-26-18)21-10-7-16-12-17(25-4)8-9-19(16)20(21)13-24;1-5-2-3-6-8(10)7(4-12)13-9(6)11-5/h7,10,17-18,25-26H,5-6,8-9,11-12,14-15H2,1-4H3;2-4H,10H2,1H3. The lowest BCUT2D eigenvalue weighted by Gasteiger charge is -2.32. The summed E-state index contributed by atoms with van der Waals surface area (Å²) in [6.07, 6.45) is 5.86. The van der Waals surface area contributed by atoms with Crippen LogP contribution in [0.15, 0.2) is 24.3 Å². The van der Waals surface area contributed by atoms with E-state index in [2.05, 4.69) is 27.8 Å². The van der Waals surface area contributed by atoms with Crippen molar-refractivity contribution in [3.8, 4) is 6.07 Å². The van der Waals surface area contributed by atoms with Crippen LogP contribution in [0.4, 0.5) is 11.4 Å². The number of nitrogens with one attached hydrogen (secondary N) is 2. The Labute approximate surface area is 252 Å². The summed E-state index contributed by atoms with van der Waals surface area (Å²) in [4.78, 5) is 30.9. The molecule has 0 spiro atoms. The Hall–Kier alpha value is -3.52. The molecular weight excluding hydrogens is 548 g/mol. The van der Waals surface area contributed by atoms with E-state index in [1.807, 2.05) is 57.8 Å². The van der Waals surface area contributed by atoms with Gasteiger partial charge in [-0.3, -0.25) is 9.59 Å². The van der Waals surface area contributed by atoms with Crippen LogP contribution < -0.4 is 21.3 Å². The van der Waals surface area contributed by atoms with E-state index in [0.717, 1.165) is 77.7 Å². The van der Waals surface area contributed by atoms with Gasteiger partial charge in [-0.15, -0.1) is 11.3 Å². The number of rotatable bonds is 7. The predicted octanol–water partition coefficient (Wildman–Crippen LogP) is 4.53. The molecule has 42 heavy (non-hydrogen) atoms. The van der Waals surface area contributed by atoms with Crippen molar-refractivity contribution in [3.05, 3.63) is 51.5 Å². The number of esters is 1. The van der Waals surface area contributed by atoms with Gasteiger partial charge in [0.15, 0.2) is 6.29 Å². The topological polar surface area (TPSA) is 133 Å². The molecule has 2 unspecified atom stereocenters. The van der Waals surface area contributed by atoms with Crippen LogP contribution in [0.25, 0.3) is 10.2 Å². The number of nitrogen functional groups attached to an aromatic ring is 1. The first-order valence-corrected chi connectivity index (χ1v) is 15.4. The van der Waals surface area contributed by atoms with Gasteiger partial charge >= 0.3 is 5.97 Å². The minimum atomic E-state index is -0.523. The van der Waals surface area contributed by atoms with Crippen LogP contribution in [0.5, 0.6) is 0 Å². The highest BCUT2D eigenvalue weighted by molar-refractivity contribution is 7.20. The summed E-state index contributed by atoms with van der Waals surface area (Å²) in [5.74, 6) is -0.257. The first kappa shape index (κ1) is 31.4. The van der Waals surface area contributed by atoms with E-state index in [1.54, 1.807) is 0 Å². The molecule has 0 radical (unpaired) electrons. The first-order chi connectivity index (χ1) is 20.0. The molecule has 0 bridgehead atoms. The number of likely N-dealkylation sites (N-methyl/N-ethyl adjacent to an activating group) is 1. The quantitative estimate of drug-likeness (QED) is 0.268. The fourth-order valence-corrected chi connectivity index (χ4v) is 6.58. The molecule has 1 fully saturated rings. The van der Waals surface area contributed by atoms with Crippen LogP contribution >= 0.6 is 11.3 Å². The van der Waals surface area contributed by atoms with Gasteiger partial charge in [-0.1, -0.05) is 6.07 Å². The van der Waals surface area contributed by atoms with E-state index < -0.39 is 5.60 Å². The van der Waals surface area contributed by atoms with Gasteiger partial charge in [0.1, 0.15) is 23.0 Å². The lowest BCUT2D eigenvalue weighted by Crippen LogP contribution is -2.42. The zero-order valence-corrected chi connectivity index (χ0v) is 26.1. The number of aromatic nitrogens is 1. The zero-order valence-electron chi connectivity index (χ0n) is 25.3. The smallest absolute Gasteiger partial charge is 0.326 e. The summed E-state index contributed by atoms with van der Waals surface area (Å²) in [6.45, 7) is 9.41. The van der Waals surface area contributed by atoms with Gasteiger partial charge in [0, 0.05) is 29.7 Å². The van der Waals surface area contributed by atoms with Crippen LogP contribution in [0.2, 0.25) is 0 Å². The maximum Gasteiger partial charge on any atom is 0.326 e. The van der Waals surface area contributed by atoms with Crippen molar-refractivity contribution in [1.82, 2.24) is 15.6 Å². The van der Waals surface area contributed by atoms with E-state index in [-0.39, 0.29) is 12.5 Å². The average molecular weight is 591 g/mol. The molecule has 5 rings (SSSR count). The number of aryl methyl sites for hydroxylation is 1. The fraction of sp³-hybridized carbons (Fsp3) is 0.500. The minimum Gasteiger partial charge on any atom is -0.459 e. The number of benzene rings is 1. The third kappa shape index (κ3) is 7.65. The molecule has 224 valence electrons. The number of pyridine rings is 1. The van der Waals surface area contributed by atoms with Crippen molar-refractivity contribution >= 4 is 45.2 Å². The Balaban J connectivity index is 0.000000258. The number of anilines is 2. The average Bonchev–Trinajstić information content (AvgIpc) is 3.57. The summed E-state index contributed by atoms with van der Waals surface area (Å²) >= 11 is 1.33. The van der Waals surface area contributed by atoms with Gasteiger partial charge in [0.25, 0.3) is 0 Å². The highest BCUT2D eigenvalue weighted by atomic mass is 32.1. The van der Waals surface area contributed by atoms with E-state index >= 15 is 0 Å². The van der Waals surface area contributed by atoms with Gasteiger partial charge in [0.05, 0.1) is 21.8 Å². The summed E-state index contributed by atoms with van der Waals surface area (Å²) in [6, 6.07) is 11.2. The van der Waals surface area contributed by atoms with Crippen molar-refractivity contribution in [3.63, 3.8) is 0 Å². The number of thiophene rings is 1. The Morgan fingerprint density at radius 3 is 2.74 bits per heavy atom. The predicted molar refractivity (Wildman–Crippen MR) is 169 cm³/mol. The van der Waals surface area contributed by atoms with Crippen LogP contribution in [0, 0.1) is 18.3 Å². The van der Waals surface area contributed by atoms with E-state index in [9.17, 15) is 14.9 Å². The summed E-state index contributed by atoms with van der Waals surface area (Å²) in [7, 11) is 1.99. The Morgan fingerprint density at radius 1 is 1.31 bits per heavy atom. The number of nitriles is 1. The summed E-state index contributed by atoms with van der Waals surface area (Å²) in [5.41, 5.74) is 10.7. The van der Waals surface area contributed by atoms with Crippen LogP contribution in [0.3, 0.4) is 0 Å². The second kappa shape index (κ2) is 13.6. The molecule has 1 saturated heterocycles. The molecule has 2 atom stereocenters. The molecule has 1 aliphatic heterocycles. The number of ether oxygens (including phenoxy) is 1. The van der Waals surface area contributed by atoms with Gasteiger partial charge in [-0.2, -0.15) is 5.26 Å².